The molecule has 266 valence electrons. The first kappa shape index (κ1) is 44.5. The first-order chi connectivity index (χ1) is 23.7. The van der Waals surface area contributed by atoms with E-state index in [1.807, 2.05) is 6.08 Å². The summed E-state index contributed by atoms with van der Waals surface area (Å²) < 4.78 is 0. The molecule has 0 saturated carbocycles. The molecule has 2 unspecified atom stereocenters. The Morgan fingerprint density at radius 3 is 1.31 bits per heavy atom. The van der Waals surface area contributed by atoms with E-state index in [2.05, 4.69) is 141 Å². The third-order valence-electron chi connectivity index (χ3n) is 7.10. The molecular formula is C44H67NO3. The van der Waals surface area contributed by atoms with Crippen molar-refractivity contribution in [1.29, 1.82) is 0 Å². The molecule has 4 heteroatoms. The van der Waals surface area contributed by atoms with E-state index < -0.39 is 12.1 Å². The number of aliphatic hydroxyl groups is 2. The van der Waals surface area contributed by atoms with E-state index >= 15 is 0 Å². The van der Waals surface area contributed by atoms with Crippen molar-refractivity contribution in [1.82, 2.24) is 5.32 Å². The number of hydrogen-bond donors (Lipinski definition) is 3. The molecule has 3 N–H and O–H groups in total. The summed E-state index contributed by atoms with van der Waals surface area (Å²) in [5, 5.41) is 22.6. The van der Waals surface area contributed by atoms with Crippen molar-refractivity contribution < 1.29 is 15.0 Å². The van der Waals surface area contributed by atoms with Crippen molar-refractivity contribution in [2.24, 2.45) is 0 Å². The minimum absolute atomic E-state index is 0.145. The zero-order valence-electron chi connectivity index (χ0n) is 30.2. The van der Waals surface area contributed by atoms with E-state index in [9.17, 15) is 15.0 Å². The van der Waals surface area contributed by atoms with E-state index in [0.717, 1.165) is 96.3 Å². The summed E-state index contributed by atoms with van der Waals surface area (Å²) in [6.07, 6.45) is 61.3. The Kier molecular flexibility index (Phi) is 35.2. The van der Waals surface area contributed by atoms with Gasteiger partial charge in [-0.15, -0.1) is 0 Å². The number of hydrogen-bond acceptors (Lipinski definition) is 3. The zero-order chi connectivity index (χ0) is 35.0. The molecule has 0 fully saturated rings. The standard InChI is InChI=1S/C44H67NO3/c1-3-5-7-9-11-12-13-14-15-16-17-18-19-20-21-22-23-24-25-26-27-28-29-30-31-32-34-36-38-40-44(48)45-42(41-46)43(47)39-37-35-33-10-8-6-4-2/h5,7-8,10-12,14-15,17-18,20-21,23-24,26-27,29-30,32,34,37,39,42-43,46-47H,3-4,6,9,13,16,19,22,25,28,31,33,35-36,38,40-41H2,1-2H3,(H,45,48)/b7-5-,10-8+,12-11-,15-14-,18-17-,21-20-,24-23-,27-26-,30-29-,34-32-,39-37+. The van der Waals surface area contributed by atoms with Gasteiger partial charge < -0.3 is 15.5 Å². The summed E-state index contributed by atoms with van der Waals surface area (Å²) in [5.74, 6) is -0.145. The number of nitrogens with one attached hydrogen (secondary N) is 1. The SMILES string of the molecule is CC/C=C\C/C=C\C/C=C\C/C=C\C/C=C\C/C=C\C/C=C\C/C=C\C/C=C\CCCC(=O)NC(CO)C(O)/C=C/CC/C=C/CCC. The normalized spacial score (nSPS) is 14.7. The van der Waals surface area contributed by atoms with Crippen LogP contribution in [0.2, 0.25) is 0 Å². The quantitative estimate of drug-likeness (QED) is 0.0532. The molecular weight excluding hydrogens is 590 g/mol. The van der Waals surface area contributed by atoms with E-state index in [0.29, 0.717) is 6.42 Å². The third-order valence-corrected chi connectivity index (χ3v) is 7.10. The molecule has 4 nitrogen and oxygen atoms in total. The first-order valence-corrected chi connectivity index (χ1v) is 18.4. The third kappa shape index (κ3) is 33.9. The summed E-state index contributed by atoms with van der Waals surface area (Å²) in [6, 6.07) is -0.676. The van der Waals surface area contributed by atoms with Gasteiger partial charge in [-0.2, -0.15) is 0 Å². The predicted octanol–water partition coefficient (Wildman–Crippen LogP) is 11.2. The number of carbonyl (C=O) groups excluding carboxylic acids is 1. The highest BCUT2D eigenvalue weighted by atomic mass is 16.3. The van der Waals surface area contributed by atoms with Crippen LogP contribution in [0.25, 0.3) is 0 Å². The van der Waals surface area contributed by atoms with E-state index in [-0.39, 0.29) is 12.5 Å². The van der Waals surface area contributed by atoms with Crippen molar-refractivity contribution in [2.75, 3.05) is 6.61 Å². The average Bonchev–Trinajstić information content (AvgIpc) is 3.09. The lowest BCUT2D eigenvalue weighted by molar-refractivity contribution is -0.122. The highest BCUT2D eigenvalue weighted by Gasteiger charge is 2.17. The number of aliphatic hydroxyl groups excluding tert-OH is 2. The summed E-state index contributed by atoms with van der Waals surface area (Å²) in [5.41, 5.74) is 0. The van der Waals surface area contributed by atoms with Gasteiger partial charge in [0, 0.05) is 6.42 Å². The second-order valence-electron chi connectivity index (χ2n) is 11.5. The highest BCUT2D eigenvalue weighted by molar-refractivity contribution is 5.76. The van der Waals surface area contributed by atoms with Gasteiger partial charge in [0.15, 0.2) is 0 Å². The number of rotatable bonds is 30. The van der Waals surface area contributed by atoms with Crippen LogP contribution >= 0.6 is 0 Å². The summed E-state index contributed by atoms with van der Waals surface area (Å²) in [7, 11) is 0. The Labute approximate surface area is 294 Å². The highest BCUT2D eigenvalue weighted by Crippen LogP contribution is 2.04. The van der Waals surface area contributed by atoms with Gasteiger partial charge in [0.25, 0.3) is 0 Å². The van der Waals surface area contributed by atoms with E-state index in [1.165, 1.54) is 0 Å². The summed E-state index contributed by atoms with van der Waals surface area (Å²) in [6.45, 7) is 4.01. The lowest BCUT2D eigenvalue weighted by atomic mass is 10.1. The molecule has 1 amide bonds. The maximum absolute atomic E-state index is 12.2. The van der Waals surface area contributed by atoms with Crippen LogP contribution in [0.5, 0.6) is 0 Å². The van der Waals surface area contributed by atoms with Gasteiger partial charge in [-0.3, -0.25) is 4.79 Å². The molecule has 0 aliphatic heterocycles. The van der Waals surface area contributed by atoms with Crippen molar-refractivity contribution in [2.45, 2.75) is 129 Å². The molecule has 0 rings (SSSR count). The van der Waals surface area contributed by atoms with Gasteiger partial charge >= 0.3 is 0 Å². The Morgan fingerprint density at radius 2 is 0.896 bits per heavy atom. The van der Waals surface area contributed by atoms with Gasteiger partial charge in [0.1, 0.15) is 0 Å². The average molecular weight is 658 g/mol. The zero-order valence-corrected chi connectivity index (χ0v) is 30.2. The smallest absolute Gasteiger partial charge is 0.220 e. The van der Waals surface area contributed by atoms with Gasteiger partial charge in [-0.05, 0) is 89.9 Å². The fraction of sp³-hybridized carbons (Fsp3) is 0.477. The van der Waals surface area contributed by atoms with Gasteiger partial charge in [-0.25, -0.2) is 0 Å². The largest absolute Gasteiger partial charge is 0.394 e. The van der Waals surface area contributed by atoms with Gasteiger partial charge in [0.2, 0.25) is 5.91 Å². The van der Waals surface area contributed by atoms with E-state index in [4.69, 9.17) is 0 Å². The predicted molar refractivity (Wildman–Crippen MR) is 211 cm³/mol. The molecule has 0 radical (unpaired) electrons. The van der Waals surface area contributed by atoms with Crippen LogP contribution in [-0.2, 0) is 4.79 Å². The second kappa shape index (κ2) is 38.0. The number of unbranched alkanes of at least 4 members (excludes halogenated alkanes) is 3. The molecule has 0 aromatic heterocycles. The molecule has 0 spiro atoms. The van der Waals surface area contributed by atoms with Gasteiger partial charge in [-0.1, -0.05) is 154 Å². The van der Waals surface area contributed by atoms with Crippen LogP contribution in [0.1, 0.15) is 117 Å². The second-order valence-corrected chi connectivity index (χ2v) is 11.5. The molecule has 0 heterocycles. The van der Waals surface area contributed by atoms with Crippen molar-refractivity contribution in [3.05, 3.63) is 134 Å². The van der Waals surface area contributed by atoms with Gasteiger partial charge in [0.05, 0.1) is 18.8 Å². The number of carbonyl (C=O) groups is 1. The summed E-state index contributed by atoms with van der Waals surface area (Å²) >= 11 is 0. The minimum atomic E-state index is -0.892. The lowest BCUT2D eigenvalue weighted by Crippen LogP contribution is -2.45. The number of amides is 1. The van der Waals surface area contributed by atoms with Crippen LogP contribution in [0.3, 0.4) is 0 Å². The topological polar surface area (TPSA) is 69.6 Å². The molecule has 48 heavy (non-hydrogen) atoms. The molecule has 0 aromatic carbocycles. The Morgan fingerprint density at radius 1 is 0.521 bits per heavy atom. The van der Waals surface area contributed by atoms with Crippen molar-refractivity contribution in [3.8, 4) is 0 Å². The molecule has 0 aromatic rings. The molecule has 2 atom stereocenters. The summed E-state index contributed by atoms with van der Waals surface area (Å²) in [4.78, 5) is 12.2. The Balaban J connectivity index is 3.82. The number of allylic oxidation sites excluding steroid dienone is 21. The van der Waals surface area contributed by atoms with Crippen LogP contribution < -0.4 is 5.32 Å². The van der Waals surface area contributed by atoms with Crippen LogP contribution in [0.15, 0.2) is 134 Å². The monoisotopic (exact) mass is 658 g/mol. The molecule has 0 bridgehead atoms. The lowest BCUT2D eigenvalue weighted by Gasteiger charge is -2.19. The van der Waals surface area contributed by atoms with Crippen molar-refractivity contribution in [3.63, 3.8) is 0 Å². The van der Waals surface area contributed by atoms with Crippen LogP contribution in [-0.4, -0.2) is 34.9 Å². The minimum Gasteiger partial charge on any atom is -0.394 e. The molecule has 0 aliphatic rings. The molecule has 0 aliphatic carbocycles. The Bertz CT molecular complexity index is 1060. The first-order valence-electron chi connectivity index (χ1n) is 18.4. The van der Waals surface area contributed by atoms with Crippen LogP contribution in [0.4, 0.5) is 0 Å². The fourth-order valence-electron chi connectivity index (χ4n) is 4.32. The van der Waals surface area contributed by atoms with E-state index in [1.54, 1.807) is 6.08 Å². The Hall–Kier alpha value is -3.47. The maximum atomic E-state index is 12.2. The fourth-order valence-corrected chi connectivity index (χ4v) is 4.32. The van der Waals surface area contributed by atoms with Crippen LogP contribution in [0, 0.1) is 0 Å². The van der Waals surface area contributed by atoms with Crippen molar-refractivity contribution >= 4 is 5.91 Å². The molecule has 0 saturated heterocycles. The maximum Gasteiger partial charge on any atom is 0.220 e.